The lowest BCUT2D eigenvalue weighted by atomic mass is 10.4. The van der Waals surface area contributed by atoms with Crippen LogP contribution in [-0.4, -0.2) is 36.8 Å². The summed E-state index contributed by atoms with van der Waals surface area (Å²) in [6, 6.07) is 8.28. The highest BCUT2D eigenvalue weighted by molar-refractivity contribution is 7.91. The van der Waals surface area contributed by atoms with E-state index in [9.17, 15) is 8.42 Å². The molecular weight excluding hydrogens is 342 g/mol. The van der Waals surface area contributed by atoms with Gasteiger partial charge in [-0.3, -0.25) is 0 Å². The molecule has 2 aromatic rings. The van der Waals surface area contributed by atoms with E-state index in [1.807, 2.05) is 0 Å². The lowest BCUT2D eigenvalue weighted by Gasteiger charge is -2.05. The molecule has 126 valence electrons. The molecule has 0 aliphatic rings. The zero-order valence-electron chi connectivity index (χ0n) is 12.5. The first-order valence-corrected chi connectivity index (χ1v) is 8.27. The molecule has 1 aromatic carbocycles. The highest BCUT2D eigenvalue weighted by Gasteiger charge is 2.15. The summed E-state index contributed by atoms with van der Waals surface area (Å²) in [6.07, 6.45) is 4.81. The van der Waals surface area contributed by atoms with Crippen LogP contribution in [0.1, 0.15) is 5.82 Å². The van der Waals surface area contributed by atoms with Crippen LogP contribution in [0.4, 0.5) is 0 Å². The molecule has 0 amide bonds. The number of rotatable bonds is 7. The minimum Gasteiger partial charge on any atom is -1.00 e. The monoisotopic (exact) mass is 359 g/mol. The van der Waals surface area contributed by atoms with Gasteiger partial charge in [-0.2, -0.15) is 0 Å². The average molecular weight is 360 g/mol. The number of oxime groups is 1. The van der Waals surface area contributed by atoms with Gasteiger partial charge in [-0.1, -0.05) is 23.4 Å². The highest BCUT2D eigenvalue weighted by Crippen LogP contribution is 2.09. The van der Waals surface area contributed by atoms with Crippen molar-refractivity contribution in [1.82, 2.24) is 4.57 Å². The molecule has 7 nitrogen and oxygen atoms in total. The Kier molecular flexibility index (Phi) is 7.21. The van der Waals surface area contributed by atoms with E-state index >= 15 is 0 Å². The second-order valence-corrected chi connectivity index (χ2v) is 6.76. The molecule has 1 aromatic heterocycles. The van der Waals surface area contributed by atoms with Crippen molar-refractivity contribution >= 4 is 16.1 Å². The van der Waals surface area contributed by atoms with Crippen LogP contribution >= 0.6 is 0 Å². The Morgan fingerprint density at radius 2 is 2.04 bits per heavy atom. The standard InChI is InChI=1S/C14H17N3O4S.ClH/c1-16-7-8-17(14(16)11-15-18)12-21-9-10-22(19,20)13-5-3-2-4-6-13;/h2-8,11H,9-10,12H2,1H3;1H. The van der Waals surface area contributed by atoms with Crippen molar-refractivity contribution in [3.63, 3.8) is 0 Å². The van der Waals surface area contributed by atoms with Crippen molar-refractivity contribution in [2.45, 2.75) is 11.6 Å². The van der Waals surface area contributed by atoms with Crippen molar-refractivity contribution < 1.29 is 35.3 Å². The minimum atomic E-state index is -3.34. The normalized spacial score (nSPS) is 11.5. The number of benzene rings is 1. The number of aromatic nitrogens is 2. The van der Waals surface area contributed by atoms with E-state index in [0.29, 0.717) is 10.7 Å². The Morgan fingerprint density at radius 3 is 2.70 bits per heavy atom. The van der Waals surface area contributed by atoms with Gasteiger partial charge in [0.25, 0.3) is 0 Å². The summed E-state index contributed by atoms with van der Waals surface area (Å²) in [4.78, 5) is 0.291. The van der Waals surface area contributed by atoms with Crippen molar-refractivity contribution in [1.29, 1.82) is 0 Å². The molecule has 1 heterocycles. The number of hydrogen-bond donors (Lipinski definition) is 1. The van der Waals surface area contributed by atoms with E-state index < -0.39 is 9.84 Å². The van der Waals surface area contributed by atoms with Crippen molar-refractivity contribution in [3.05, 3.63) is 48.5 Å². The predicted octanol–water partition coefficient (Wildman–Crippen LogP) is -2.43. The fourth-order valence-corrected chi connectivity index (χ4v) is 3.08. The predicted molar refractivity (Wildman–Crippen MR) is 79.4 cm³/mol. The average Bonchev–Trinajstić information content (AvgIpc) is 2.86. The van der Waals surface area contributed by atoms with E-state index in [4.69, 9.17) is 9.94 Å². The van der Waals surface area contributed by atoms with Crippen LogP contribution in [0.25, 0.3) is 0 Å². The first-order valence-electron chi connectivity index (χ1n) is 6.62. The van der Waals surface area contributed by atoms with Crippen LogP contribution in [0, 0.1) is 0 Å². The molecule has 0 saturated heterocycles. The van der Waals surface area contributed by atoms with Crippen LogP contribution in [0.3, 0.4) is 0 Å². The van der Waals surface area contributed by atoms with Crippen molar-refractivity contribution in [2.24, 2.45) is 12.2 Å². The first-order chi connectivity index (χ1) is 10.5. The lowest BCUT2D eigenvalue weighted by molar-refractivity contribution is -0.672. The maximum atomic E-state index is 12.1. The smallest absolute Gasteiger partial charge is 0.305 e. The van der Waals surface area contributed by atoms with Gasteiger partial charge in [0.1, 0.15) is 12.4 Å². The number of nitrogens with zero attached hydrogens (tertiary/aromatic N) is 3. The summed E-state index contributed by atoms with van der Waals surface area (Å²) in [6.45, 7) is 0.251. The molecule has 0 fully saturated rings. The Hall–Kier alpha value is -1.90. The summed E-state index contributed by atoms with van der Waals surface area (Å²) in [5, 5.41) is 11.6. The Balaban J connectivity index is 0.00000264. The number of ether oxygens (including phenoxy) is 1. The summed E-state index contributed by atoms with van der Waals surface area (Å²) in [7, 11) is -1.54. The van der Waals surface area contributed by atoms with Gasteiger partial charge in [0.05, 0.1) is 24.3 Å². The molecule has 2 rings (SSSR count). The molecular formula is C14H18ClN3O4S. The molecule has 23 heavy (non-hydrogen) atoms. The fourth-order valence-electron chi connectivity index (χ4n) is 1.94. The molecule has 9 heteroatoms. The van der Waals surface area contributed by atoms with Crippen molar-refractivity contribution in [2.75, 3.05) is 12.4 Å². The third-order valence-electron chi connectivity index (χ3n) is 3.13. The molecule has 0 spiro atoms. The summed E-state index contributed by atoms with van der Waals surface area (Å²) in [5.41, 5.74) is 0. The van der Waals surface area contributed by atoms with Crippen molar-refractivity contribution in [3.8, 4) is 0 Å². The number of halogens is 1. The summed E-state index contributed by atoms with van der Waals surface area (Å²) >= 11 is 0. The molecule has 0 aliphatic heterocycles. The topological polar surface area (TPSA) is 84.8 Å². The maximum absolute atomic E-state index is 12.1. The number of aryl methyl sites for hydroxylation is 1. The van der Waals surface area contributed by atoms with Crippen LogP contribution in [0.15, 0.2) is 52.8 Å². The van der Waals surface area contributed by atoms with E-state index in [0.717, 1.165) is 0 Å². The Morgan fingerprint density at radius 1 is 1.35 bits per heavy atom. The molecule has 0 radical (unpaired) electrons. The van der Waals surface area contributed by atoms with Crippen LogP contribution in [0.5, 0.6) is 0 Å². The fraction of sp³-hybridized carbons (Fsp3) is 0.286. The third-order valence-corrected chi connectivity index (χ3v) is 4.82. The van der Waals surface area contributed by atoms with Gasteiger partial charge in [0, 0.05) is 0 Å². The second-order valence-electron chi connectivity index (χ2n) is 4.65. The Bertz CT molecular complexity index is 745. The Labute approximate surface area is 141 Å². The maximum Gasteiger partial charge on any atom is 0.305 e. The SMILES string of the molecule is C[n+]1ccn(COCCS(=O)(=O)c2ccccc2)c1/C=N/O.[Cl-]. The van der Waals surface area contributed by atoms with Crippen LogP contribution in [-0.2, 0) is 28.4 Å². The quantitative estimate of drug-likeness (QED) is 0.196. The number of imidazole rings is 1. The molecule has 0 bridgehead atoms. The summed E-state index contributed by atoms with van der Waals surface area (Å²) < 4.78 is 33.0. The van der Waals surface area contributed by atoms with Crippen LogP contribution in [0.2, 0.25) is 0 Å². The second kappa shape index (κ2) is 8.66. The van der Waals surface area contributed by atoms with Gasteiger partial charge in [-0.15, -0.1) is 0 Å². The van der Waals surface area contributed by atoms with Gasteiger partial charge >= 0.3 is 5.82 Å². The van der Waals surface area contributed by atoms with E-state index in [1.165, 1.54) is 6.21 Å². The van der Waals surface area contributed by atoms with Gasteiger partial charge in [-0.25, -0.2) is 17.6 Å². The van der Waals surface area contributed by atoms with Gasteiger partial charge < -0.3 is 22.4 Å². The minimum absolute atomic E-state index is 0. The van der Waals surface area contributed by atoms with Crippen LogP contribution < -0.4 is 17.0 Å². The van der Waals surface area contributed by atoms with Gasteiger partial charge in [-0.05, 0) is 12.1 Å². The highest BCUT2D eigenvalue weighted by atomic mass is 35.5. The lowest BCUT2D eigenvalue weighted by Crippen LogP contribution is -3.00. The van der Waals surface area contributed by atoms with Gasteiger partial charge in [0.15, 0.2) is 22.8 Å². The van der Waals surface area contributed by atoms with E-state index in [2.05, 4.69) is 5.16 Å². The van der Waals surface area contributed by atoms with Gasteiger partial charge in [0.2, 0.25) is 0 Å². The van der Waals surface area contributed by atoms with E-state index in [-0.39, 0.29) is 31.5 Å². The number of sulfone groups is 1. The zero-order chi connectivity index (χ0) is 16.0. The number of hydrogen-bond acceptors (Lipinski definition) is 5. The molecule has 0 saturated carbocycles. The molecule has 0 atom stereocenters. The van der Waals surface area contributed by atoms with E-state index in [1.54, 1.807) is 58.9 Å². The summed E-state index contributed by atoms with van der Waals surface area (Å²) in [5.74, 6) is 0.543. The molecule has 0 unspecified atom stereocenters. The third kappa shape index (κ3) is 5.05. The largest absolute Gasteiger partial charge is 1.00 e. The first kappa shape index (κ1) is 19.1. The molecule has 0 aliphatic carbocycles. The molecule has 1 N–H and O–H groups in total. The zero-order valence-corrected chi connectivity index (χ0v) is 14.1.